The van der Waals surface area contributed by atoms with E-state index in [0.29, 0.717) is 29.6 Å². The number of rotatable bonds is 8. The molecule has 0 aliphatic rings. The number of carbonyl (C=O) groups excluding carboxylic acids is 1. The summed E-state index contributed by atoms with van der Waals surface area (Å²) in [4.78, 5) is 16.9. The Balaban J connectivity index is 1.61. The number of carbonyl (C=O) groups is 1. The van der Waals surface area contributed by atoms with Crippen LogP contribution < -0.4 is 14.8 Å². The van der Waals surface area contributed by atoms with Crippen LogP contribution in [0.3, 0.4) is 0 Å². The highest BCUT2D eigenvalue weighted by Crippen LogP contribution is 2.22. The van der Waals surface area contributed by atoms with Gasteiger partial charge in [-0.2, -0.15) is 4.98 Å². The molecule has 3 aromatic rings. The molecular formula is C22H25N3O4. The summed E-state index contributed by atoms with van der Waals surface area (Å²) in [6.45, 7) is 6.01. The first-order valence-electron chi connectivity index (χ1n) is 9.48. The molecule has 7 nitrogen and oxygen atoms in total. The fraction of sp³-hybridized carbons (Fsp3) is 0.318. The van der Waals surface area contributed by atoms with Gasteiger partial charge in [-0.15, -0.1) is 0 Å². The average molecular weight is 395 g/mol. The standard InChI is InChI=1S/C22H25N3O4/c1-5-18(28-19-10-9-14(2)11-15(19)3)22(26)23-13-20-24-21(25-29-20)16-7-6-8-17(12-16)27-4/h6-12,18H,5,13H2,1-4H3,(H,23,26). The molecule has 7 heteroatoms. The fourth-order valence-electron chi connectivity index (χ4n) is 2.89. The molecule has 1 amide bonds. The SMILES string of the molecule is CCC(Oc1ccc(C)cc1C)C(=O)NCc1nc(-c2cccc(OC)c2)no1. The lowest BCUT2D eigenvalue weighted by Gasteiger charge is -2.18. The number of hydrogen-bond donors (Lipinski definition) is 1. The van der Waals surface area contributed by atoms with Crippen molar-refractivity contribution in [1.29, 1.82) is 0 Å². The first kappa shape index (κ1) is 20.4. The Bertz CT molecular complexity index is 984. The summed E-state index contributed by atoms with van der Waals surface area (Å²) < 4.78 is 16.4. The first-order chi connectivity index (χ1) is 14.0. The summed E-state index contributed by atoms with van der Waals surface area (Å²) in [7, 11) is 1.60. The molecule has 0 saturated heterocycles. The number of hydrogen-bond acceptors (Lipinski definition) is 6. The zero-order chi connectivity index (χ0) is 20.8. The van der Waals surface area contributed by atoms with Crippen molar-refractivity contribution in [2.75, 3.05) is 7.11 Å². The summed E-state index contributed by atoms with van der Waals surface area (Å²) in [6, 6.07) is 13.2. The Kier molecular flexibility index (Phi) is 6.49. The van der Waals surface area contributed by atoms with E-state index in [1.54, 1.807) is 7.11 Å². The van der Waals surface area contributed by atoms with Crippen molar-refractivity contribution >= 4 is 5.91 Å². The topological polar surface area (TPSA) is 86.5 Å². The molecule has 2 aromatic carbocycles. The molecule has 1 atom stereocenters. The van der Waals surface area contributed by atoms with Crippen molar-refractivity contribution in [3.63, 3.8) is 0 Å². The van der Waals surface area contributed by atoms with Crippen LogP contribution in [-0.4, -0.2) is 29.3 Å². The van der Waals surface area contributed by atoms with E-state index in [9.17, 15) is 4.79 Å². The summed E-state index contributed by atoms with van der Waals surface area (Å²) >= 11 is 0. The molecule has 1 N–H and O–H groups in total. The third-order valence-corrected chi connectivity index (χ3v) is 4.47. The van der Waals surface area contributed by atoms with Crippen molar-refractivity contribution in [3.8, 4) is 22.9 Å². The van der Waals surface area contributed by atoms with Crippen LogP contribution in [0.2, 0.25) is 0 Å². The van der Waals surface area contributed by atoms with Gasteiger partial charge in [0.2, 0.25) is 11.7 Å². The molecule has 0 aliphatic carbocycles. The smallest absolute Gasteiger partial charge is 0.261 e. The molecule has 1 aromatic heterocycles. The minimum absolute atomic E-state index is 0.128. The van der Waals surface area contributed by atoms with Gasteiger partial charge in [-0.25, -0.2) is 0 Å². The molecule has 152 valence electrons. The molecular weight excluding hydrogens is 370 g/mol. The summed E-state index contributed by atoms with van der Waals surface area (Å²) in [5.41, 5.74) is 2.92. The molecule has 1 heterocycles. The van der Waals surface area contributed by atoms with Crippen molar-refractivity contribution in [2.24, 2.45) is 0 Å². The molecule has 29 heavy (non-hydrogen) atoms. The van der Waals surface area contributed by atoms with Crippen molar-refractivity contribution in [2.45, 2.75) is 39.8 Å². The van der Waals surface area contributed by atoms with Crippen LogP contribution in [-0.2, 0) is 11.3 Å². The molecule has 0 bridgehead atoms. The summed E-state index contributed by atoms with van der Waals surface area (Å²) in [5.74, 6) is 1.94. The third kappa shape index (κ3) is 5.13. The van der Waals surface area contributed by atoms with E-state index in [2.05, 4.69) is 15.5 Å². The maximum Gasteiger partial charge on any atom is 0.261 e. The number of ether oxygens (including phenoxy) is 2. The predicted octanol–water partition coefficient (Wildman–Crippen LogP) is 3.84. The van der Waals surface area contributed by atoms with E-state index in [1.807, 2.05) is 63.2 Å². The Morgan fingerprint density at radius 1 is 1.21 bits per heavy atom. The monoisotopic (exact) mass is 395 g/mol. The lowest BCUT2D eigenvalue weighted by molar-refractivity contribution is -0.128. The normalized spacial score (nSPS) is 11.7. The maximum atomic E-state index is 12.5. The second-order valence-corrected chi connectivity index (χ2v) is 6.75. The number of amides is 1. The molecule has 0 saturated carbocycles. The van der Waals surface area contributed by atoms with Crippen LogP contribution in [0, 0.1) is 13.8 Å². The minimum atomic E-state index is -0.600. The second-order valence-electron chi connectivity index (χ2n) is 6.75. The number of aromatic nitrogens is 2. The number of nitrogens with zero attached hydrogens (tertiary/aromatic N) is 2. The maximum absolute atomic E-state index is 12.5. The van der Waals surface area contributed by atoms with Gasteiger partial charge in [-0.1, -0.05) is 41.9 Å². The Morgan fingerprint density at radius 3 is 2.76 bits per heavy atom. The highest BCUT2D eigenvalue weighted by atomic mass is 16.5. The average Bonchev–Trinajstić information content (AvgIpc) is 3.20. The molecule has 0 radical (unpaired) electrons. The zero-order valence-corrected chi connectivity index (χ0v) is 17.1. The van der Waals surface area contributed by atoms with E-state index < -0.39 is 6.10 Å². The van der Waals surface area contributed by atoms with Crippen LogP contribution in [0.1, 0.15) is 30.4 Å². The number of nitrogens with one attached hydrogen (secondary N) is 1. The van der Waals surface area contributed by atoms with Gasteiger partial charge < -0.3 is 19.3 Å². The summed E-state index contributed by atoms with van der Waals surface area (Å²) in [6.07, 6.45) is -0.0601. The van der Waals surface area contributed by atoms with Gasteiger partial charge in [0.15, 0.2) is 6.10 Å². The van der Waals surface area contributed by atoms with Gasteiger partial charge in [0.05, 0.1) is 13.7 Å². The van der Waals surface area contributed by atoms with E-state index in [1.165, 1.54) is 0 Å². The van der Waals surface area contributed by atoms with Crippen LogP contribution in [0.25, 0.3) is 11.4 Å². The lowest BCUT2D eigenvalue weighted by atomic mass is 10.1. The van der Waals surface area contributed by atoms with Crippen molar-refractivity contribution < 1.29 is 18.8 Å². The fourth-order valence-corrected chi connectivity index (χ4v) is 2.89. The van der Waals surface area contributed by atoms with Gasteiger partial charge in [-0.05, 0) is 44.0 Å². The van der Waals surface area contributed by atoms with Gasteiger partial charge in [0.1, 0.15) is 11.5 Å². The second kappa shape index (κ2) is 9.23. The molecule has 0 aliphatic heterocycles. The third-order valence-electron chi connectivity index (χ3n) is 4.47. The highest BCUT2D eigenvalue weighted by molar-refractivity contribution is 5.81. The summed E-state index contributed by atoms with van der Waals surface area (Å²) in [5, 5.41) is 6.77. The largest absolute Gasteiger partial charge is 0.497 e. The quantitative estimate of drug-likeness (QED) is 0.624. The highest BCUT2D eigenvalue weighted by Gasteiger charge is 2.20. The van der Waals surface area contributed by atoms with Gasteiger partial charge in [-0.3, -0.25) is 4.79 Å². The predicted molar refractivity (Wildman–Crippen MR) is 109 cm³/mol. The number of benzene rings is 2. The molecule has 0 spiro atoms. The van der Waals surface area contributed by atoms with E-state index in [-0.39, 0.29) is 12.5 Å². The van der Waals surface area contributed by atoms with Crippen LogP contribution in [0.4, 0.5) is 0 Å². The van der Waals surface area contributed by atoms with Gasteiger partial charge in [0.25, 0.3) is 5.91 Å². The first-order valence-corrected chi connectivity index (χ1v) is 9.48. The molecule has 1 unspecified atom stereocenters. The molecule has 3 rings (SSSR count). The van der Waals surface area contributed by atoms with Crippen molar-refractivity contribution in [3.05, 3.63) is 59.5 Å². The minimum Gasteiger partial charge on any atom is -0.497 e. The number of aryl methyl sites for hydroxylation is 2. The number of methoxy groups -OCH3 is 1. The molecule has 0 fully saturated rings. The van der Waals surface area contributed by atoms with E-state index in [4.69, 9.17) is 14.0 Å². The van der Waals surface area contributed by atoms with E-state index in [0.717, 1.165) is 16.7 Å². The Morgan fingerprint density at radius 2 is 2.03 bits per heavy atom. The van der Waals surface area contributed by atoms with Gasteiger partial charge in [0, 0.05) is 5.56 Å². The van der Waals surface area contributed by atoms with E-state index >= 15 is 0 Å². The van der Waals surface area contributed by atoms with Crippen LogP contribution >= 0.6 is 0 Å². The van der Waals surface area contributed by atoms with Crippen molar-refractivity contribution in [1.82, 2.24) is 15.5 Å². The Hall–Kier alpha value is -3.35. The van der Waals surface area contributed by atoms with Crippen LogP contribution in [0.15, 0.2) is 47.0 Å². The van der Waals surface area contributed by atoms with Gasteiger partial charge >= 0.3 is 0 Å². The lowest BCUT2D eigenvalue weighted by Crippen LogP contribution is -2.37. The van der Waals surface area contributed by atoms with Crippen LogP contribution in [0.5, 0.6) is 11.5 Å². The zero-order valence-electron chi connectivity index (χ0n) is 17.1. The Labute approximate surface area is 170 Å².